The lowest BCUT2D eigenvalue weighted by atomic mass is 10.1. The van der Waals surface area contributed by atoms with Crippen molar-refractivity contribution in [2.24, 2.45) is 0 Å². The fraction of sp³-hybridized carbons (Fsp3) is 0.214. The highest BCUT2D eigenvalue weighted by Crippen LogP contribution is 2.34. The quantitative estimate of drug-likeness (QED) is 0.461. The number of benzene rings is 3. The van der Waals surface area contributed by atoms with Crippen LogP contribution < -0.4 is 19.7 Å². The summed E-state index contributed by atoms with van der Waals surface area (Å²) in [6.45, 7) is 1.60. The molecule has 194 valence electrons. The number of rotatable bonds is 7. The zero-order valence-electron chi connectivity index (χ0n) is 20.5. The second-order valence-corrected chi connectivity index (χ2v) is 9.46. The first-order valence-electron chi connectivity index (χ1n) is 12.0. The van der Waals surface area contributed by atoms with E-state index in [4.69, 9.17) is 21.1 Å². The lowest BCUT2D eigenvalue weighted by Crippen LogP contribution is -2.45. The first kappa shape index (κ1) is 25.3. The van der Waals surface area contributed by atoms with Crippen molar-refractivity contribution >= 4 is 46.6 Å². The van der Waals surface area contributed by atoms with E-state index in [9.17, 15) is 19.2 Å². The summed E-state index contributed by atoms with van der Waals surface area (Å²) in [6, 6.07) is 17.6. The van der Waals surface area contributed by atoms with Crippen LogP contribution >= 0.6 is 11.6 Å². The van der Waals surface area contributed by atoms with Gasteiger partial charge < -0.3 is 19.7 Å². The SMILES string of the molecule is CC(=O)Nc1ccc(N2C(=O)CC(N(Cc3ccc4c(c3)OCO4)C(=O)Cc3ccc(Cl)cc3)C2=O)cc1. The molecule has 1 atom stereocenters. The molecule has 0 aliphatic carbocycles. The van der Waals surface area contributed by atoms with Gasteiger partial charge >= 0.3 is 0 Å². The smallest absolute Gasteiger partial charge is 0.257 e. The third-order valence-corrected chi connectivity index (χ3v) is 6.58. The Morgan fingerprint density at radius 3 is 2.37 bits per heavy atom. The molecule has 1 N–H and O–H groups in total. The number of anilines is 2. The Morgan fingerprint density at radius 2 is 1.66 bits per heavy atom. The number of carbonyl (C=O) groups is 4. The van der Waals surface area contributed by atoms with Gasteiger partial charge in [-0.25, -0.2) is 4.90 Å². The topological polar surface area (TPSA) is 105 Å². The molecule has 9 nitrogen and oxygen atoms in total. The number of ether oxygens (including phenoxy) is 2. The predicted molar refractivity (Wildman–Crippen MR) is 140 cm³/mol. The summed E-state index contributed by atoms with van der Waals surface area (Å²) in [5.41, 5.74) is 2.37. The number of imide groups is 1. The van der Waals surface area contributed by atoms with Crippen LogP contribution in [-0.4, -0.2) is 41.4 Å². The van der Waals surface area contributed by atoms with Crippen molar-refractivity contribution in [1.29, 1.82) is 0 Å². The monoisotopic (exact) mass is 533 g/mol. The molecule has 5 rings (SSSR count). The molecule has 10 heteroatoms. The highest BCUT2D eigenvalue weighted by molar-refractivity contribution is 6.30. The maximum Gasteiger partial charge on any atom is 0.257 e. The third-order valence-electron chi connectivity index (χ3n) is 6.32. The first-order valence-corrected chi connectivity index (χ1v) is 12.3. The Labute approximate surface area is 223 Å². The molecule has 38 heavy (non-hydrogen) atoms. The van der Waals surface area contributed by atoms with Gasteiger partial charge in [-0.3, -0.25) is 19.2 Å². The highest BCUT2D eigenvalue weighted by atomic mass is 35.5. The van der Waals surface area contributed by atoms with Crippen LogP contribution in [0.2, 0.25) is 5.02 Å². The van der Waals surface area contributed by atoms with E-state index in [1.807, 2.05) is 0 Å². The average molecular weight is 534 g/mol. The number of nitrogens with zero attached hydrogens (tertiary/aromatic N) is 2. The summed E-state index contributed by atoms with van der Waals surface area (Å²) < 4.78 is 10.8. The van der Waals surface area contributed by atoms with Crippen molar-refractivity contribution in [2.75, 3.05) is 17.0 Å². The van der Waals surface area contributed by atoms with E-state index in [0.717, 1.165) is 16.0 Å². The van der Waals surface area contributed by atoms with Gasteiger partial charge in [-0.1, -0.05) is 29.8 Å². The Kier molecular flexibility index (Phi) is 7.02. The predicted octanol–water partition coefficient (Wildman–Crippen LogP) is 3.93. The number of fused-ring (bicyclic) bond motifs is 1. The van der Waals surface area contributed by atoms with Gasteiger partial charge in [0, 0.05) is 24.2 Å². The van der Waals surface area contributed by atoms with Crippen LogP contribution in [0.1, 0.15) is 24.5 Å². The Morgan fingerprint density at radius 1 is 0.974 bits per heavy atom. The van der Waals surface area contributed by atoms with Gasteiger partial charge in [0.1, 0.15) is 6.04 Å². The van der Waals surface area contributed by atoms with Crippen molar-refractivity contribution in [1.82, 2.24) is 4.90 Å². The highest BCUT2D eigenvalue weighted by Gasteiger charge is 2.44. The fourth-order valence-corrected chi connectivity index (χ4v) is 4.64. The molecule has 4 amide bonds. The van der Waals surface area contributed by atoms with E-state index in [1.165, 1.54) is 11.8 Å². The molecule has 1 saturated heterocycles. The summed E-state index contributed by atoms with van der Waals surface area (Å²) in [7, 11) is 0. The molecule has 1 unspecified atom stereocenters. The molecule has 3 aromatic carbocycles. The van der Waals surface area contributed by atoms with Crippen LogP contribution in [0.4, 0.5) is 11.4 Å². The van der Waals surface area contributed by atoms with Gasteiger partial charge in [0.25, 0.3) is 5.91 Å². The summed E-state index contributed by atoms with van der Waals surface area (Å²) in [6.07, 6.45) is -0.117. The van der Waals surface area contributed by atoms with Gasteiger partial charge in [-0.15, -0.1) is 0 Å². The molecule has 0 saturated carbocycles. The van der Waals surface area contributed by atoms with Crippen LogP contribution in [0, 0.1) is 0 Å². The van der Waals surface area contributed by atoms with E-state index < -0.39 is 17.9 Å². The molecule has 0 aromatic heterocycles. The van der Waals surface area contributed by atoms with E-state index in [1.54, 1.807) is 66.7 Å². The Balaban J connectivity index is 1.42. The number of amides is 4. The Hall–Kier alpha value is -4.37. The van der Waals surface area contributed by atoms with E-state index in [-0.39, 0.29) is 38.0 Å². The summed E-state index contributed by atoms with van der Waals surface area (Å²) >= 11 is 5.99. The molecule has 0 spiro atoms. The van der Waals surface area contributed by atoms with Crippen molar-refractivity contribution < 1.29 is 28.7 Å². The molecule has 2 aliphatic rings. The standard InChI is InChI=1S/C28H24ClN3O6/c1-17(33)30-21-7-9-22(10-8-21)32-27(35)14-23(28(32)36)31(26(34)13-18-2-5-20(29)6-3-18)15-19-4-11-24-25(12-19)38-16-37-24/h2-12,23H,13-16H2,1H3,(H,30,33). The lowest BCUT2D eigenvalue weighted by molar-refractivity contribution is -0.138. The van der Waals surface area contributed by atoms with Crippen LogP contribution in [-0.2, 0) is 32.1 Å². The normalized spacial score (nSPS) is 16.1. The van der Waals surface area contributed by atoms with Gasteiger partial charge in [0.15, 0.2) is 11.5 Å². The van der Waals surface area contributed by atoms with Crippen molar-refractivity contribution in [3.8, 4) is 11.5 Å². The third kappa shape index (κ3) is 5.33. The van der Waals surface area contributed by atoms with Gasteiger partial charge in [-0.05, 0) is 59.7 Å². The van der Waals surface area contributed by atoms with Crippen molar-refractivity contribution in [3.63, 3.8) is 0 Å². The summed E-state index contributed by atoms with van der Waals surface area (Å²) in [4.78, 5) is 54.0. The zero-order valence-corrected chi connectivity index (χ0v) is 21.2. The van der Waals surface area contributed by atoms with Crippen molar-refractivity contribution in [3.05, 3.63) is 82.9 Å². The molecule has 2 aliphatic heterocycles. The number of hydrogen-bond acceptors (Lipinski definition) is 6. The molecule has 0 radical (unpaired) electrons. The van der Waals surface area contributed by atoms with Gasteiger partial charge in [-0.2, -0.15) is 0 Å². The molecule has 1 fully saturated rings. The number of halogens is 1. The number of hydrogen-bond donors (Lipinski definition) is 1. The van der Waals surface area contributed by atoms with Crippen molar-refractivity contribution in [2.45, 2.75) is 32.4 Å². The second-order valence-electron chi connectivity index (χ2n) is 9.03. The first-order chi connectivity index (χ1) is 18.3. The summed E-state index contributed by atoms with van der Waals surface area (Å²) in [5, 5.41) is 3.20. The Bertz CT molecular complexity index is 1410. The molecular formula is C28H24ClN3O6. The summed E-state index contributed by atoms with van der Waals surface area (Å²) in [5.74, 6) is -0.283. The van der Waals surface area contributed by atoms with Crippen LogP contribution in [0.3, 0.4) is 0 Å². The van der Waals surface area contributed by atoms with Crippen LogP contribution in [0.5, 0.6) is 11.5 Å². The largest absolute Gasteiger partial charge is 0.454 e. The van der Waals surface area contributed by atoms with Gasteiger partial charge in [0.2, 0.25) is 24.5 Å². The van der Waals surface area contributed by atoms with E-state index in [2.05, 4.69) is 5.32 Å². The molecular weight excluding hydrogens is 510 g/mol. The lowest BCUT2D eigenvalue weighted by Gasteiger charge is -2.28. The number of nitrogens with one attached hydrogen (secondary N) is 1. The maximum atomic E-state index is 13.6. The number of carbonyl (C=O) groups excluding carboxylic acids is 4. The van der Waals surface area contributed by atoms with E-state index >= 15 is 0 Å². The average Bonchev–Trinajstić information content (AvgIpc) is 3.47. The van der Waals surface area contributed by atoms with Crippen LogP contribution in [0.25, 0.3) is 0 Å². The minimum atomic E-state index is -0.984. The molecule has 0 bridgehead atoms. The van der Waals surface area contributed by atoms with E-state index in [0.29, 0.717) is 27.9 Å². The second kappa shape index (κ2) is 10.5. The fourth-order valence-electron chi connectivity index (χ4n) is 4.51. The van der Waals surface area contributed by atoms with Gasteiger partial charge in [0.05, 0.1) is 18.5 Å². The molecule has 2 heterocycles. The molecule has 3 aromatic rings. The maximum absolute atomic E-state index is 13.6. The zero-order chi connectivity index (χ0) is 26.8. The minimum absolute atomic E-state index is 0.0328. The van der Waals surface area contributed by atoms with Crippen LogP contribution in [0.15, 0.2) is 66.7 Å². The minimum Gasteiger partial charge on any atom is -0.454 e.